The van der Waals surface area contributed by atoms with Crippen LogP contribution < -0.4 is 16.0 Å². The van der Waals surface area contributed by atoms with Gasteiger partial charge in [0.05, 0.1) is 35.1 Å². The number of hydrogen-bond donors (Lipinski definition) is 5. The molecule has 1 aliphatic carbocycles. The average molecular weight is 629 g/mol. The topological polar surface area (TPSA) is 157 Å². The number of carboxylic acids is 1. The van der Waals surface area contributed by atoms with Gasteiger partial charge < -0.3 is 26.0 Å². The number of alkyl halides is 3. The fourth-order valence-corrected chi connectivity index (χ4v) is 5.22. The number of H-pyrrole nitrogens is 2. The first-order valence-corrected chi connectivity index (χ1v) is 14.1. The number of anilines is 1. The monoisotopic (exact) mass is 628 g/mol. The van der Waals surface area contributed by atoms with E-state index in [1.54, 1.807) is 23.4 Å². The molecule has 3 aromatic rings. The van der Waals surface area contributed by atoms with E-state index in [-0.39, 0.29) is 24.1 Å². The van der Waals surface area contributed by atoms with Gasteiger partial charge in [-0.25, -0.2) is 9.18 Å². The van der Waals surface area contributed by atoms with Gasteiger partial charge in [0.1, 0.15) is 5.82 Å². The van der Waals surface area contributed by atoms with Crippen LogP contribution in [-0.4, -0.2) is 63.4 Å². The Kier molecular flexibility index (Phi) is 10.1. The molecule has 2 amide bonds. The third-order valence-electron chi connectivity index (χ3n) is 7.51. The van der Waals surface area contributed by atoms with Gasteiger partial charge in [-0.3, -0.25) is 14.7 Å². The quantitative estimate of drug-likeness (QED) is 0.161. The lowest BCUT2D eigenvalue weighted by Crippen LogP contribution is -2.36. The van der Waals surface area contributed by atoms with Gasteiger partial charge >= 0.3 is 12.1 Å². The molecule has 5 rings (SSSR count). The molecule has 1 aliphatic heterocycles. The van der Waals surface area contributed by atoms with Crippen molar-refractivity contribution in [2.24, 2.45) is 11.7 Å². The summed E-state index contributed by atoms with van der Waals surface area (Å²) >= 11 is 0. The van der Waals surface area contributed by atoms with Gasteiger partial charge in [0.2, 0.25) is 0 Å². The second-order valence-corrected chi connectivity index (χ2v) is 10.9. The minimum atomic E-state index is -5.08. The molecule has 10 nitrogen and oxygen atoms in total. The van der Waals surface area contributed by atoms with E-state index in [1.165, 1.54) is 12.1 Å². The number of aliphatic carboxylic acids is 1. The molecule has 238 valence electrons. The van der Waals surface area contributed by atoms with Gasteiger partial charge in [0, 0.05) is 35.7 Å². The highest BCUT2D eigenvalue weighted by Crippen LogP contribution is 2.41. The Bertz CT molecular complexity index is 1660. The van der Waals surface area contributed by atoms with Crippen LogP contribution in [0.1, 0.15) is 64.1 Å². The van der Waals surface area contributed by atoms with Crippen molar-refractivity contribution in [3.63, 3.8) is 0 Å². The highest BCUT2D eigenvalue weighted by molar-refractivity contribution is 6.36. The number of benzene rings is 1. The maximum Gasteiger partial charge on any atom is 0.490 e. The Balaban J connectivity index is 0.000000591. The maximum absolute atomic E-state index is 15.3. The van der Waals surface area contributed by atoms with Gasteiger partial charge in [-0.15, -0.1) is 0 Å². The summed E-state index contributed by atoms with van der Waals surface area (Å²) in [4.78, 5) is 40.5. The van der Waals surface area contributed by atoms with Crippen LogP contribution in [0, 0.1) is 37.4 Å². The van der Waals surface area contributed by atoms with E-state index in [0.717, 1.165) is 42.6 Å². The number of nitrogens with zero attached hydrogens (tertiary/aromatic N) is 2. The Hall–Kier alpha value is -4.90. The standard InChI is InChI=1S/C29H31FN6O2.C2HF3O2/c1-17-10-18(2)35-26(17)12-23-22-11-25(30)24(28(37)32-9-3-4-20-14-33-34-15-20)13-27(22)36(29(23)38)16-19-5-7-21(31)8-6-19;3-2(4,5)1(6)7/h10-15,19,21,35H,5-9,16,31H2,1-2H3,(H,32,37)(H,33,34);(H,6,7)/b23-12-;. The predicted molar refractivity (Wildman–Crippen MR) is 158 cm³/mol. The third-order valence-corrected chi connectivity index (χ3v) is 7.51. The number of aromatic nitrogens is 3. The minimum absolute atomic E-state index is 0.0438. The fraction of sp³-hybridized carbons (Fsp3) is 0.355. The minimum Gasteiger partial charge on any atom is -0.475 e. The summed E-state index contributed by atoms with van der Waals surface area (Å²) in [5.74, 6) is 1.75. The second-order valence-electron chi connectivity index (χ2n) is 10.9. The largest absolute Gasteiger partial charge is 0.490 e. The molecule has 2 aliphatic rings. The molecule has 0 saturated heterocycles. The summed E-state index contributed by atoms with van der Waals surface area (Å²) in [7, 11) is 0. The van der Waals surface area contributed by atoms with E-state index in [2.05, 4.69) is 32.3 Å². The zero-order valence-electron chi connectivity index (χ0n) is 24.5. The number of rotatable bonds is 5. The molecule has 0 spiro atoms. The SMILES string of the molecule is Cc1cc(C)c(/C=C2\C(=O)N(CC3CCC(N)CC3)c3cc(C(=O)NCC#Cc4cn[nH]c4)c(F)cc32)[nH]1.O=C(O)C(F)(F)F. The third kappa shape index (κ3) is 8.18. The van der Waals surface area contributed by atoms with Crippen molar-refractivity contribution in [2.45, 2.75) is 51.7 Å². The number of nitrogens with two attached hydrogens (primary N) is 1. The van der Waals surface area contributed by atoms with E-state index < -0.39 is 23.9 Å². The van der Waals surface area contributed by atoms with Gasteiger partial charge in [-0.2, -0.15) is 18.3 Å². The number of nitrogens with one attached hydrogen (secondary N) is 3. The Morgan fingerprint density at radius 1 is 1.20 bits per heavy atom. The number of hydrogen-bond acceptors (Lipinski definition) is 5. The summed E-state index contributed by atoms with van der Waals surface area (Å²) < 4.78 is 47.0. The lowest BCUT2D eigenvalue weighted by atomic mass is 9.86. The molecule has 1 fully saturated rings. The molecule has 6 N–H and O–H groups in total. The number of aryl methyl sites for hydroxylation is 2. The van der Waals surface area contributed by atoms with Crippen molar-refractivity contribution in [1.82, 2.24) is 20.5 Å². The zero-order chi connectivity index (χ0) is 32.9. The number of carbonyl (C=O) groups is 3. The molecule has 45 heavy (non-hydrogen) atoms. The molecule has 2 aromatic heterocycles. The van der Waals surface area contributed by atoms with Gasteiger partial charge in [-0.05, 0) is 75.3 Å². The highest BCUT2D eigenvalue weighted by Gasteiger charge is 2.38. The first-order chi connectivity index (χ1) is 21.2. The van der Waals surface area contributed by atoms with Crippen molar-refractivity contribution in [2.75, 3.05) is 18.0 Å². The molecular weight excluding hydrogens is 596 g/mol. The molecule has 0 bridgehead atoms. The van der Waals surface area contributed by atoms with Crippen molar-refractivity contribution < 1.29 is 37.1 Å². The van der Waals surface area contributed by atoms with Crippen molar-refractivity contribution in [1.29, 1.82) is 0 Å². The van der Waals surface area contributed by atoms with Crippen LogP contribution in [0.2, 0.25) is 0 Å². The second kappa shape index (κ2) is 13.8. The van der Waals surface area contributed by atoms with Crippen molar-refractivity contribution >= 4 is 35.1 Å². The number of carboxylic acid groups (broad SMARTS) is 1. The van der Waals surface area contributed by atoms with Gasteiger partial charge in [0.15, 0.2) is 0 Å². The Labute approximate surface area is 256 Å². The first kappa shape index (κ1) is 33.0. The number of halogens is 4. The van der Waals surface area contributed by atoms with E-state index in [4.69, 9.17) is 15.6 Å². The lowest BCUT2D eigenvalue weighted by molar-refractivity contribution is -0.192. The van der Waals surface area contributed by atoms with E-state index in [9.17, 15) is 22.8 Å². The lowest BCUT2D eigenvalue weighted by Gasteiger charge is -2.30. The number of aromatic amines is 2. The van der Waals surface area contributed by atoms with Crippen LogP contribution in [0.25, 0.3) is 11.6 Å². The van der Waals surface area contributed by atoms with Crippen LogP contribution in [0.4, 0.5) is 23.2 Å². The summed E-state index contributed by atoms with van der Waals surface area (Å²) in [6, 6.07) is 4.99. The van der Waals surface area contributed by atoms with Gasteiger partial charge in [0.25, 0.3) is 11.8 Å². The Morgan fingerprint density at radius 3 is 2.47 bits per heavy atom. The molecular formula is C31H32F4N6O4. The summed E-state index contributed by atoms with van der Waals surface area (Å²) in [6.45, 7) is 4.45. The van der Waals surface area contributed by atoms with E-state index >= 15 is 4.39 Å². The summed E-state index contributed by atoms with van der Waals surface area (Å²) in [5, 5.41) is 16.3. The number of amides is 2. The normalized spacial score (nSPS) is 18.5. The molecule has 0 atom stereocenters. The number of carbonyl (C=O) groups excluding carboxylic acids is 2. The molecule has 0 radical (unpaired) electrons. The van der Waals surface area contributed by atoms with E-state index in [1.807, 2.05) is 19.9 Å². The smallest absolute Gasteiger partial charge is 0.475 e. The number of fused-ring (bicyclic) bond motifs is 1. The zero-order valence-corrected chi connectivity index (χ0v) is 24.5. The molecule has 1 aromatic carbocycles. The van der Waals surface area contributed by atoms with Crippen molar-refractivity contribution in [3.05, 3.63) is 70.1 Å². The average Bonchev–Trinajstić information content (AvgIpc) is 3.67. The molecule has 0 unspecified atom stereocenters. The van der Waals surface area contributed by atoms with Crippen LogP contribution in [0.3, 0.4) is 0 Å². The molecule has 1 saturated carbocycles. The van der Waals surface area contributed by atoms with Crippen LogP contribution in [0.5, 0.6) is 0 Å². The Morgan fingerprint density at radius 2 is 1.89 bits per heavy atom. The predicted octanol–water partition coefficient (Wildman–Crippen LogP) is 4.31. The van der Waals surface area contributed by atoms with Crippen LogP contribution >= 0.6 is 0 Å². The molecule has 14 heteroatoms. The highest BCUT2D eigenvalue weighted by atomic mass is 19.4. The van der Waals surface area contributed by atoms with Crippen molar-refractivity contribution in [3.8, 4) is 11.8 Å². The summed E-state index contributed by atoms with van der Waals surface area (Å²) in [6.07, 6.45) is 3.60. The molecule has 3 heterocycles. The first-order valence-electron chi connectivity index (χ1n) is 14.1. The maximum atomic E-state index is 15.3. The van der Waals surface area contributed by atoms with Crippen LogP contribution in [-0.2, 0) is 9.59 Å². The van der Waals surface area contributed by atoms with E-state index in [0.29, 0.717) is 34.9 Å². The summed E-state index contributed by atoms with van der Waals surface area (Å²) in [5.41, 5.74) is 10.9. The van der Waals surface area contributed by atoms with Crippen LogP contribution in [0.15, 0.2) is 30.6 Å². The van der Waals surface area contributed by atoms with Gasteiger partial charge in [-0.1, -0.05) is 11.8 Å². The fourth-order valence-electron chi connectivity index (χ4n) is 5.22.